The molecule has 0 aromatic rings. The zero-order chi connectivity index (χ0) is 10.3. The highest BCUT2D eigenvalue weighted by Crippen LogP contribution is 2.31. The molecule has 0 bridgehead atoms. The van der Waals surface area contributed by atoms with Gasteiger partial charge in [-0.25, -0.2) is 0 Å². The number of alkyl halides is 1. The molecule has 0 amide bonds. The molecule has 2 heteroatoms. The van der Waals surface area contributed by atoms with Crippen LogP contribution in [0.1, 0.15) is 58.3 Å². The largest absolute Gasteiger partial charge is 0.375 e. The summed E-state index contributed by atoms with van der Waals surface area (Å²) in [5.41, 5.74) is 0.215. The molecule has 1 aliphatic carbocycles. The molecule has 0 aromatic heterocycles. The Balaban J connectivity index is 2.03. The lowest BCUT2D eigenvalue weighted by Crippen LogP contribution is -2.31. The van der Waals surface area contributed by atoms with Crippen LogP contribution in [0, 0.1) is 0 Å². The van der Waals surface area contributed by atoms with Crippen LogP contribution >= 0.6 is 15.9 Å². The topological polar surface area (TPSA) is 9.23 Å². The lowest BCUT2D eigenvalue weighted by Gasteiger charge is -2.33. The summed E-state index contributed by atoms with van der Waals surface area (Å²) in [5, 5.41) is 1.13. The molecule has 0 radical (unpaired) electrons. The molecule has 0 unspecified atom stereocenters. The summed E-state index contributed by atoms with van der Waals surface area (Å²) < 4.78 is 6.00. The third kappa shape index (κ3) is 4.79. The van der Waals surface area contributed by atoms with Crippen molar-refractivity contribution in [1.29, 1.82) is 0 Å². The minimum Gasteiger partial charge on any atom is -0.375 e. The number of hydrogen-bond acceptors (Lipinski definition) is 1. The summed E-state index contributed by atoms with van der Waals surface area (Å²) in [6, 6.07) is 0. The van der Waals surface area contributed by atoms with Crippen molar-refractivity contribution in [3.8, 4) is 0 Å². The fraction of sp³-hybridized carbons (Fsp3) is 1.00. The average molecular weight is 263 g/mol. The minimum atomic E-state index is 0.215. The SMILES string of the molecule is CC1(OCCCCCBr)CCCCC1. The van der Waals surface area contributed by atoms with E-state index >= 15 is 0 Å². The van der Waals surface area contributed by atoms with Crippen molar-refractivity contribution in [2.45, 2.75) is 63.9 Å². The lowest BCUT2D eigenvalue weighted by molar-refractivity contribution is -0.0573. The van der Waals surface area contributed by atoms with Gasteiger partial charge in [0.25, 0.3) is 0 Å². The van der Waals surface area contributed by atoms with E-state index in [0.29, 0.717) is 0 Å². The van der Waals surface area contributed by atoms with Crippen LogP contribution in [0.5, 0.6) is 0 Å². The fourth-order valence-corrected chi connectivity index (χ4v) is 2.53. The van der Waals surface area contributed by atoms with E-state index in [1.54, 1.807) is 0 Å². The third-order valence-corrected chi connectivity index (χ3v) is 3.70. The first-order valence-electron chi connectivity index (χ1n) is 5.97. The highest BCUT2D eigenvalue weighted by atomic mass is 79.9. The maximum atomic E-state index is 6.00. The van der Waals surface area contributed by atoms with Crippen molar-refractivity contribution in [1.82, 2.24) is 0 Å². The number of hydrogen-bond donors (Lipinski definition) is 0. The van der Waals surface area contributed by atoms with Crippen LogP contribution in [-0.2, 0) is 4.74 Å². The molecule has 0 heterocycles. The van der Waals surface area contributed by atoms with E-state index in [-0.39, 0.29) is 5.60 Å². The van der Waals surface area contributed by atoms with Gasteiger partial charge in [-0.3, -0.25) is 0 Å². The van der Waals surface area contributed by atoms with E-state index in [1.807, 2.05) is 0 Å². The Morgan fingerprint density at radius 1 is 1.07 bits per heavy atom. The van der Waals surface area contributed by atoms with Gasteiger partial charge in [-0.15, -0.1) is 0 Å². The maximum Gasteiger partial charge on any atom is 0.0654 e. The van der Waals surface area contributed by atoms with Crippen molar-refractivity contribution in [3.05, 3.63) is 0 Å². The van der Waals surface area contributed by atoms with E-state index in [1.165, 1.54) is 51.4 Å². The Labute approximate surface area is 96.7 Å². The zero-order valence-electron chi connectivity index (χ0n) is 9.36. The van der Waals surface area contributed by atoms with Gasteiger partial charge in [0.15, 0.2) is 0 Å². The molecule has 84 valence electrons. The second-order valence-electron chi connectivity index (χ2n) is 4.61. The second-order valence-corrected chi connectivity index (χ2v) is 5.40. The van der Waals surface area contributed by atoms with Gasteiger partial charge in [0.2, 0.25) is 0 Å². The molecule has 14 heavy (non-hydrogen) atoms. The number of unbranched alkanes of at least 4 members (excludes halogenated alkanes) is 2. The normalized spacial score (nSPS) is 21.0. The summed E-state index contributed by atoms with van der Waals surface area (Å²) in [5.74, 6) is 0. The molecule has 1 saturated carbocycles. The summed E-state index contributed by atoms with van der Waals surface area (Å²) in [7, 11) is 0. The average Bonchev–Trinajstić information content (AvgIpc) is 2.18. The van der Waals surface area contributed by atoms with Crippen molar-refractivity contribution in [3.63, 3.8) is 0 Å². The zero-order valence-corrected chi connectivity index (χ0v) is 10.9. The van der Waals surface area contributed by atoms with Gasteiger partial charge in [0, 0.05) is 11.9 Å². The molecule has 0 atom stereocenters. The Morgan fingerprint density at radius 2 is 1.79 bits per heavy atom. The molecule has 0 N–H and O–H groups in total. The van der Waals surface area contributed by atoms with E-state index < -0.39 is 0 Å². The summed E-state index contributed by atoms with van der Waals surface area (Å²) in [6.07, 6.45) is 10.5. The predicted octanol–water partition coefficient (Wildman–Crippen LogP) is 4.29. The van der Waals surface area contributed by atoms with Crippen LogP contribution in [0.4, 0.5) is 0 Å². The van der Waals surface area contributed by atoms with Crippen molar-refractivity contribution >= 4 is 15.9 Å². The number of ether oxygens (including phenoxy) is 1. The highest BCUT2D eigenvalue weighted by molar-refractivity contribution is 9.09. The predicted molar refractivity (Wildman–Crippen MR) is 65.1 cm³/mol. The quantitative estimate of drug-likeness (QED) is 0.513. The van der Waals surface area contributed by atoms with Gasteiger partial charge in [-0.1, -0.05) is 41.6 Å². The van der Waals surface area contributed by atoms with Crippen LogP contribution in [0.25, 0.3) is 0 Å². The first kappa shape index (κ1) is 12.5. The van der Waals surface area contributed by atoms with Gasteiger partial charge in [-0.05, 0) is 32.6 Å². The summed E-state index contributed by atoms with van der Waals surface area (Å²) in [6.45, 7) is 3.25. The van der Waals surface area contributed by atoms with Gasteiger partial charge >= 0.3 is 0 Å². The van der Waals surface area contributed by atoms with Crippen LogP contribution < -0.4 is 0 Å². The Bertz CT molecular complexity index is 141. The van der Waals surface area contributed by atoms with E-state index in [4.69, 9.17) is 4.74 Å². The molecular weight excluding hydrogens is 240 g/mol. The first-order valence-corrected chi connectivity index (χ1v) is 7.09. The summed E-state index contributed by atoms with van der Waals surface area (Å²) >= 11 is 3.45. The Hall–Kier alpha value is 0.440. The van der Waals surface area contributed by atoms with Crippen LogP contribution in [-0.4, -0.2) is 17.5 Å². The van der Waals surface area contributed by atoms with E-state index in [2.05, 4.69) is 22.9 Å². The van der Waals surface area contributed by atoms with Crippen molar-refractivity contribution < 1.29 is 4.74 Å². The molecule has 1 fully saturated rings. The number of halogens is 1. The van der Waals surface area contributed by atoms with Crippen LogP contribution in [0.3, 0.4) is 0 Å². The Morgan fingerprint density at radius 3 is 2.43 bits per heavy atom. The van der Waals surface area contributed by atoms with Crippen LogP contribution in [0.2, 0.25) is 0 Å². The lowest BCUT2D eigenvalue weighted by atomic mass is 9.86. The highest BCUT2D eigenvalue weighted by Gasteiger charge is 2.26. The number of rotatable bonds is 6. The summed E-state index contributed by atoms with van der Waals surface area (Å²) in [4.78, 5) is 0. The van der Waals surface area contributed by atoms with Gasteiger partial charge < -0.3 is 4.74 Å². The molecule has 0 saturated heterocycles. The smallest absolute Gasteiger partial charge is 0.0654 e. The maximum absolute atomic E-state index is 6.00. The van der Waals surface area contributed by atoms with E-state index in [9.17, 15) is 0 Å². The minimum absolute atomic E-state index is 0.215. The van der Waals surface area contributed by atoms with Gasteiger partial charge in [0.1, 0.15) is 0 Å². The molecule has 1 rings (SSSR count). The standard InChI is InChI=1S/C12H23BrO/c1-12(8-4-2-5-9-12)14-11-7-3-6-10-13/h2-11H2,1H3. The molecule has 1 nitrogen and oxygen atoms in total. The molecular formula is C12H23BrO. The molecule has 0 aromatic carbocycles. The van der Waals surface area contributed by atoms with Gasteiger partial charge in [-0.2, -0.15) is 0 Å². The van der Waals surface area contributed by atoms with Crippen molar-refractivity contribution in [2.75, 3.05) is 11.9 Å². The molecule has 1 aliphatic rings. The van der Waals surface area contributed by atoms with E-state index in [0.717, 1.165) is 11.9 Å². The fourth-order valence-electron chi connectivity index (χ4n) is 2.14. The monoisotopic (exact) mass is 262 g/mol. The van der Waals surface area contributed by atoms with Gasteiger partial charge in [0.05, 0.1) is 5.60 Å². The molecule has 0 spiro atoms. The van der Waals surface area contributed by atoms with Crippen LogP contribution in [0.15, 0.2) is 0 Å². The first-order chi connectivity index (χ1) is 6.77. The van der Waals surface area contributed by atoms with Crippen molar-refractivity contribution in [2.24, 2.45) is 0 Å². The molecule has 0 aliphatic heterocycles. The Kier molecular flexibility index (Phi) is 6.11. The second kappa shape index (κ2) is 6.84. The third-order valence-electron chi connectivity index (χ3n) is 3.14.